The fraction of sp³-hybridized carbons (Fsp3) is 0.353. The standard InChI is InChI=1S/C17H20ClN3O3/c1-4-20(5-2)16(23)11-21-15(22)10-14(24-3)17(19-21)12-6-8-13(18)9-7-12/h6-10H,4-5,11H2,1-3H3. The molecule has 0 atom stereocenters. The topological polar surface area (TPSA) is 64.4 Å². The van der Waals surface area contributed by atoms with Crippen molar-refractivity contribution in [3.05, 3.63) is 45.7 Å². The van der Waals surface area contributed by atoms with E-state index >= 15 is 0 Å². The molecule has 0 saturated carbocycles. The largest absolute Gasteiger partial charge is 0.494 e. The lowest BCUT2D eigenvalue weighted by Crippen LogP contribution is -2.37. The number of rotatable bonds is 6. The average molecular weight is 350 g/mol. The Hall–Kier alpha value is -2.34. The van der Waals surface area contributed by atoms with Crippen molar-refractivity contribution in [2.75, 3.05) is 20.2 Å². The summed E-state index contributed by atoms with van der Waals surface area (Å²) in [7, 11) is 1.47. The zero-order valence-corrected chi connectivity index (χ0v) is 14.7. The molecule has 6 nitrogen and oxygen atoms in total. The molecule has 1 aromatic heterocycles. The summed E-state index contributed by atoms with van der Waals surface area (Å²) >= 11 is 5.91. The van der Waals surface area contributed by atoms with Crippen molar-refractivity contribution >= 4 is 17.5 Å². The minimum atomic E-state index is -0.384. The van der Waals surface area contributed by atoms with Gasteiger partial charge in [0.2, 0.25) is 5.91 Å². The second-order valence-corrected chi connectivity index (χ2v) is 5.57. The molecule has 0 aliphatic heterocycles. The average Bonchev–Trinajstić information content (AvgIpc) is 2.58. The molecule has 128 valence electrons. The van der Waals surface area contributed by atoms with Gasteiger partial charge in [0.25, 0.3) is 5.56 Å². The molecular formula is C17H20ClN3O3. The molecule has 2 aromatic rings. The van der Waals surface area contributed by atoms with Crippen LogP contribution in [0.4, 0.5) is 0 Å². The van der Waals surface area contributed by atoms with Crippen molar-refractivity contribution in [3.8, 4) is 17.0 Å². The van der Waals surface area contributed by atoms with E-state index in [1.165, 1.54) is 13.2 Å². The minimum Gasteiger partial charge on any atom is -0.494 e. The number of halogens is 1. The maximum absolute atomic E-state index is 12.3. The van der Waals surface area contributed by atoms with Crippen molar-refractivity contribution in [2.45, 2.75) is 20.4 Å². The third-order valence-corrected chi connectivity index (χ3v) is 3.95. The van der Waals surface area contributed by atoms with Crippen LogP contribution >= 0.6 is 11.6 Å². The summed E-state index contributed by atoms with van der Waals surface area (Å²) in [6, 6.07) is 8.37. The molecule has 2 rings (SSSR count). The highest BCUT2D eigenvalue weighted by atomic mass is 35.5. The first kappa shape index (κ1) is 18.0. The first-order valence-corrected chi connectivity index (χ1v) is 8.07. The van der Waals surface area contributed by atoms with Gasteiger partial charge in [0.15, 0.2) is 5.75 Å². The lowest BCUT2D eigenvalue weighted by molar-refractivity contribution is -0.131. The highest BCUT2D eigenvalue weighted by Gasteiger charge is 2.16. The number of nitrogens with zero attached hydrogens (tertiary/aromatic N) is 3. The Balaban J connectivity index is 2.43. The van der Waals surface area contributed by atoms with Crippen LogP contribution in [-0.2, 0) is 11.3 Å². The Morgan fingerprint density at radius 2 is 1.88 bits per heavy atom. The summed E-state index contributed by atoms with van der Waals surface area (Å²) in [5.74, 6) is 0.204. The molecular weight excluding hydrogens is 330 g/mol. The van der Waals surface area contributed by atoms with Crippen LogP contribution in [0.15, 0.2) is 35.1 Å². The van der Waals surface area contributed by atoms with E-state index < -0.39 is 0 Å². The quantitative estimate of drug-likeness (QED) is 0.803. The van der Waals surface area contributed by atoms with Crippen LogP contribution in [0.3, 0.4) is 0 Å². The van der Waals surface area contributed by atoms with E-state index in [0.29, 0.717) is 29.6 Å². The Morgan fingerprint density at radius 3 is 2.42 bits per heavy atom. The van der Waals surface area contributed by atoms with Gasteiger partial charge < -0.3 is 9.64 Å². The van der Waals surface area contributed by atoms with Gasteiger partial charge in [-0.25, -0.2) is 4.68 Å². The van der Waals surface area contributed by atoms with Crippen LogP contribution < -0.4 is 10.3 Å². The molecule has 0 saturated heterocycles. The first-order chi connectivity index (χ1) is 11.5. The summed E-state index contributed by atoms with van der Waals surface area (Å²) in [4.78, 5) is 26.1. The number of carbonyl (C=O) groups excluding carboxylic acids is 1. The lowest BCUT2D eigenvalue weighted by atomic mass is 10.1. The van der Waals surface area contributed by atoms with Crippen molar-refractivity contribution in [2.24, 2.45) is 0 Å². The maximum atomic E-state index is 12.3. The summed E-state index contributed by atoms with van der Waals surface area (Å²) in [6.07, 6.45) is 0. The Bertz CT molecular complexity index is 768. The number of carbonyl (C=O) groups is 1. The SMILES string of the molecule is CCN(CC)C(=O)Cn1nc(-c2ccc(Cl)cc2)c(OC)cc1=O. The highest BCUT2D eigenvalue weighted by molar-refractivity contribution is 6.30. The van der Waals surface area contributed by atoms with E-state index in [-0.39, 0.29) is 18.0 Å². The Morgan fingerprint density at radius 1 is 1.25 bits per heavy atom. The van der Waals surface area contributed by atoms with Crippen molar-refractivity contribution in [1.29, 1.82) is 0 Å². The zero-order chi connectivity index (χ0) is 17.7. The molecule has 0 N–H and O–H groups in total. The molecule has 7 heteroatoms. The van der Waals surface area contributed by atoms with Gasteiger partial charge in [-0.1, -0.05) is 23.7 Å². The van der Waals surface area contributed by atoms with Crippen LogP contribution in [0.5, 0.6) is 5.75 Å². The van der Waals surface area contributed by atoms with Crippen LogP contribution in [0.2, 0.25) is 5.02 Å². The van der Waals surface area contributed by atoms with Crippen molar-refractivity contribution in [3.63, 3.8) is 0 Å². The molecule has 0 spiro atoms. The van der Waals surface area contributed by atoms with Crippen LogP contribution in [0.1, 0.15) is 13.8 Å². The third-order valence-electron chi connectivity index (χ3n) is 3.70. The smallest absolute Gasteiger partial charge is 0.270 e. The van der Waals surface area contributed by atoms with E-state index in [9.17, 15) is 9.59 Å². The number of benzene rings is 1. The number of aromatic nitrogens is 2. The summed E-state index contributed by atoms with van der Waals surface area (Å²) in [5.41, 5.74) is 0.853. The predicted octanol–water partition coefficient (Wildman–Crippen LogP) is 2.44. The second kappa shape index (κ2) is 7.97. The fourth-order valence-corrected chi connectivity index (χ4v) is 2.48. The molecule has 1 aromatic carbocycles. The lowest BCUT2D eigenvalue weighted by Gasteiger charge is -2.19. The highest BCUT2D eigenvalue weighted by Crippen LogP contribution is 2.27. The summed E-state index contributed by atoms with van der Waals surface area (Å²) in [5, 5.41) is 4.92. The number of amides is 1. The van der Waals surface area contributed by atoms with Crippen LogP contribution in [-0.4, -0.2) is 40.8 Å². The fourth-order valence-electron chi connectivity index (χ4n) is 2.36. The zero-order valence-electron chi connectivity index (χ0n) is 14.0. The molecule has 1 heterocycles. The molecule has 0 radical (unpaired) electrons. The molecule has 24 heavy (non-hydrogen) atoms. The maximum Gasteiger partial charge on any atom is 0.270 e. The van der Waals surface area contributed by atoms with E-state index in [4.69, 9.17) is 16.3 Å². The molecule has 0 fully saturated rings. The monoisotopic (exact) mass is 349 g/mol. The third kappa shape index (κ3) is 3.94. The molecule has 0 bridgehead atoms. The van der Waals surface area contributed by atoms with E-state index in [0.717, 1.165) is 10.2 Å². The van der Waals surface area contributed by atoms with Gasteiger partial charge in [0.05, 0.1) is 7.11 Å². The van der Waals surface area contributed by atoms with Crippen molar-refractivity contribution < 1.29 is 9.53 Å². The number of likely N-dealkylation sites (N-methyl/N-ethyl adjacent to an activating group) is 1. The van der Waals surface area contributed by atoms with Crippen LogP contribution in [0.25, 0.3) is 11.3 Å². The van der Waals surface area contributed by atoms with E-state index in [2.05, 4.69) is 5.10 Å². The van der Waals surface area contributed by atoms with Gasteiger partial charge in [0.1, 0.15) is 12.2 Å². The molecule has 1 amide bonds. The predicted molar refractivity (Wildman–Crippen MR) is 93.4 cm³/mol. The first-order valence-electron chi connectivity index (χ1n) is 7.70. The Kier molecular flexibility index (Phi) is 5.98. The van der Waals surface area contributed by atoms with Gasteiger partial charge in [-0.15, -0.1) is 0 Å². The second-order valence-electron chi connectivity index (χ2n) is 5.13. The molecule has 0 unspecified atom stereocenters. The van der Waals surface area contributed by atoms with E-state index in [1.807, 2.05) is 13.8 Å². The van der Waals surface area contributed by atoms with E-state index in [1.54, 1.807) is 29.2 Å². The van der Waals surface area contributed by atoms with Gasteiger partial charge in [-0.2, -0.15) is 5.10 Å². The normalized spacial score (nSPS) is 10.5. The number of ether oxygens (including phenoxy) is 1. The number of methoxy groups -OCH3 is 1. The summed E-state index contributed by atoms with van der Waals surface area (Å²) < 4.78 is 6.42. The van der Waals surface area contributed by atoms with Gasteiger partial charge in [-0.05, 0) is 26.0 Å². The molecule has 0 aliphatic carbocycles. The number of hydrogen-bond donors (Lipinski definition) is 0. The Labute approximate surface area is 145 Å². The van der Waals surface area contributed by atoms with Crippen LogP contribution in [0, 0.1) is 0 Å². The minimum absolute atomic E-state index is 0.106. The summed E-state index contributed by atoms with van der Waals surface area (Å²) in [6.45, 7) is 4.86. The van der Waals surface area contributed by atoms with Gasteiger partial charge in [0, 0.05) is 29.7 Å². The van der Waals surface area contributed by atoms with Crippen molar-refractivity contribution in [1.82, 2.24) is 14.7 Å². The molecule has 0 aliphatic rings. The number of hydrogen-bond acceptors (Lipinski definition) is 4. The van der Waals surface area contributed by atoms with Gasteiger partial charge >= 0.3 is 0 Å². The van der Waals surface area contributed by atoms with Gasteiger partial charge in [-0.3, -0.25) is 9.59 Å².